The minimum Gasteiger partial charge on any atom is -0.267 e. The highest BCUT2D eigenvalue weighted by molar-refractivity contribution is 5.40. The largest absolute Gasteiger partial charge is 0.273 e. The molecule has 0 saturated carbocycles. The van der Waals surface area contributed by atoms with Crippen molar-refractivity contribution in [2.45, 2.75) is 6.92 Å². The summed E-state index contributed by atoms with van der Waals surface area (Å²) in [7, 11) is 0. The monoisotopic (exact) mass is 226 g/mol. The van der Waals surface area contributed by atoms with Crippen LogP contribution in [-0.2, 0) is 0 Å². The SMILES string of the molecule is Cc1cc(=O)n2c(ccn2-c2cccnc2)n1. The van der Waals surface area contributed by atoms with Crippen LogP contribution in [0.5, 0.6) is 0 Å². The van der Waals surface area contributed by atoms with Gasteiger partial charge in [0.15, 0.2) is 5.65 Å². The average molecular weight is 226 g/mol. The second kappa shape index (κ2) is 3.55. The molecule has 5 heteroatoms. The summed E-state index contributed by atoms with van der Waals surface area (Å²) < 4.78 is 3.25. The first kappa shape index (κ1) is 9.77. The zero-order chi connectivity index (χ0) is 11.8. The molecule has 0 saturated heterocycles. The van der Waals surface area contributed by atoms with E-state index in [0.29, 0.717) is 5.65 Å². The molecule has 84 valence electrons. The lowest BCUT2D eigenvalue weighted by Crippen LogP contribution is -2.19. The van der Waals surface area contributed by atoms with Gasteiger partial charge in [-0.15, -0.1) is 0 Å². The van der Waals surface area contributed by atoms with Crippen LogP contribution in [-0.4, -0.2) is 19.2 Å². The van der Waals surface area contributed by atoms with Gasteiger partial charge in [-0.05, 0) is 19.1 Å². The number of hydrogen-bond donors (Lipinski definition) is 0. The van der Waals surface area contributed by atoms with Crippen molar-refractivity contribution < 1.29 is 0 Å². The average Bonchev–Trinajstić information content (AvgIpc) is 2.74. The number of aromatic nitrogens is 4. The van der Waals surface area contributed by atoms with E-state index in [2.05, 4.69) is 9.97 Å². The summed E-state index contributed by atoms with van der Waals surface area (Å²) in [5, 5.41) is 0. The van der Waals surface area contributed by atoms with Gasteiger partial charge in [-0.1, -0.05) is 0 Å². The predicted molar refractivity (Wildman–Crippen MR) is 63.3 cm³/mol. The molecule has 0 atom stereocenters. The van der Waals surface area contributed by atoms with Gasteiger partial charge in [-0.3, -0.25) is 14.5 Å². The van der Waals surface area contributed by atoms with Gasteiger partial charge in [-0.2, -0.15) is 4.52 Å². The highest BCUT2D eigenvalue weighted by Gasteiger charge is 2.05. The predicted octanol–water partition coefficient (Wildman–Crippen LogP) is 1.19. The minimum atomic E-state index is -0.0960. The van der Waals surface area contributed by atoms with E-state index >= 15 is 0 Å². The molecule has 0 aliphatic heterocycles. The van der Waals surface area contributed by atoms with Gasteiger partial charge >= 0.3 is 0 Å². The fourth-order valence-electron chi connectivity index (χ4n) is 1.83. The molecule has 5 nitrogen and oxygen atoms in total. The van der Waals surface area contributed by atoms with E-state index in [1.54, 1.807) is 29.3 Å². The van der Waals surface area contributed by atoms with Gasteiger partial charge in [-0.25, -0.2) is 4.98 Å². The fraction of sp³-hybridized carbons (Fsp3) is 0.0833. The van der Waals surface area contributed by atoms with Crippen LogP contribution >= 0.6 is 0 Å². The summed E-state index contributed by atoms with van der Waals surface area (Å²) >= 11 is 0. The lowest BCUT2D eigenvalue weighted by Gasteiger charge is -2.05. The van der Waals surface area contributed by atoms with E-state index in [1.807, 2.05) is 19.1 Å². The van der Waals surface area contributed by atoms with Gasteiger partial charge in [0.2, 0.25) is 0 Å². The van der Waals surface area contributed by atoms with E-state index < -0.39 is 0 Å². The maximum Gasteiger partial charge on any atom is 0.273 e. The Labute approximate surface area is 97.0 Å². The smallest absolute Gasteiger partial charge is 0.267 e. The number of pyridine rings is 1. The number of nitrogens with zero attached hydrogens (tertiary/aromatic N) is 4. The molecule has 17 heavy (non-hydrogen) atoms. The molecule has 3 aromatic heterocycles. The molecule has 0 bridgehead atoms. The molecule has 0 aliphatic rings. The van der Waals surface area contributed by atoms with Crippen LogP contribution in [0.25, 0.3) is 11.3 Å². The lowest BCUT2D eigenvalue weighted by molar-refractivity contribution is 0.758. The molecule has 0 unspecified atom stereocenters. The standard InChI is InChI=1S/C12H10N4O/c1-9-7-12(17)16-11(14-9)4-6-15(16)10-3-2-5-13-8-10/h2-8H,1H3. The summed E-state index contributed by atoms with van der Waals surface area (Å²) in [5.74, 6) is 0. The van der Waals surface area contributed by atoms with Crippen molar-refractivity contribution >= 4 is 5.65 Å². The zero-order valence-corrected chi connectivity index (χ0v) is 9.24. The van der Waals surface area contributed by atoms with Gasteiger partial charge < -0.3 is 0 Å². The molecular formula is C12H10N4O. The minimum absolute atomic E-state index is 0.0960. The molecule has 0 fully saturated rings. The number of aryl methyl sites for hydroxylation is 1. The Morgan fingerprint density at radius 1 is 1.29 bits per heavy atom. The van der Waals surface area contributed by atoms with Crippen molar-refractivity contribution in [2.24, 2.45) is 0 Å². The normalized spacial score (nSPS) is 10.9. The summed E-state index contributed by atoms with van der Waals surface area (Å²) in [6.45, 7) is 1.81. The maximum atomic E-state index is 11.9. The van der Waals surface area contributed by atoms with Crippen LogP contribution in [0.4, 0.5) is 0 Å². The van der Waals surface area contributed by atoms with Gasteiger partial charge in [0.1, 0.15) is 0 Å². The second-order valence-corrected chi connectivity index (χ2v) is 3.78. The number of fused-ring (bicyclic) bond motifs is 1. The summed E-state index contributed by atoms with van der Waals surface area (Å²) in [6, 6.07) is 7.04. The Morgan fingerprint density at radius 3 is 2.94 bits per heavy atom. The molecule has 3 heterocycles. The van der Waals surface area contributed by atoms with Crippen LogP contribution in [0.2, 0.25) is 0 Å². The van der Waals surface area contributed by atoms with Crippen molar-refractivity contribution in [3.05, 3.63) is 58.9 Å². The van der Waals surface area contributed by atoms with E-state index in [9.17, 15) is 4.79 Å². The van der Waals surface area contributed by atoms with E-state index in [1.165, 1.54) is 10.6 Å². The molecule has 3 rings (SSSR count). The number of rotatable bonds is 1. The molecular weight excluding hydrogens is 216 g/mol. The molecule has 0 aromatic carbocycles. The summed E-state index contributed by atoms with van der Waals surface area (Å²) in [6.07, 6.45) is 5.20. The topological polar surface area (TPSA) is 52.2 Å². The Bertz CT molecular complexity index is 727. The molecule has 0 spiro atoms. The lowest BCUT2D eigenvalue weighted by atomic mass is 10.4. The van der Waals surface area contributed by atoms with Gasteiger partial charge in [0, 0.05) is 30.2 Å². The first-order valence-corrected chi connectivity index (χ1v) is 5.24. The summed E-state index contributed by atoms with van der Waals surface area (Å²) in [5.41, 5.74) is 2.09. The van der Waals surface area contributed by atoms with Crippen LogP contribution < -0.4 is 5.56 Å². The van der Waals surface area contributed by atoms with Crippen molar-refractivity contribution in [3.63, 3.8) is 0 Å². The highest BCUT2D eigenvalue weighted by Crippen LogP contribution is 2.07. The Balaban J connectivity index is 2.37. The Morgan fingerprint density at radius 2 is 2.18 bits per heavy atom. The van der Waals surface area contributed by atoms with E-state index in [-0.39, 0.29) is 5.56 Å². The van der Waals surface area contributed by atoms with Crippen molar-refractivity contribution in [1.29, 1.82) is 0 Å². The Hall–Kier alpha value is -2.43. The van der Waals surface area contributed by atoms with Crippen LogP contribution in [0.1, 0.15) is 5.69 Å². The zero-order valence-electron chi connectivity index (χ0n) is 9.24. The third-order valence-electron chi connectivity index (χ3n) is 2.54. The van der Waals surface area contributed by atoms with E-state index in [0.717, 1.165) is 11.4 Å². The van der Waals surface area contributed by atoms with E-state index in [4.69, 9.17) is 0 Å². The first-order valence-electron chi connectivity index (χ1n) is 5.24. The Kier molecular flexibility index (Phi) is 2.04. The first-order chi connectivity index (χ1) is 8.25. The maximum absolute atomic E-state index is 11.9. The molecule has 3 aromatic rings. The molecule has 0 aliphatic carbocycles. The van der Waals surface area contributed by atoms with Crippen molar-refractivity contribution in [3.8, 4) is 5.69 Å². The molecule has 0 N–H and O–H groups in total. The second-order valence-electron chi connectivity index (χ2n) is 3.78. The quantitative estimate of drug-likeness (QED) is 0.626. The van der Waals surface area contributed by atoms with Crippen LogP contribution in [0, 0.1) is 6.92 Å². The fourth-order valence-corrected chi connectivity index (χ4v) is 1.83. The molecule has 0 amide bonds. The third kappa shape index (κ3) is 1.52. The highest BCUT2D eigenvalue weighted by atomic mass is 16.1. The third-order valence-corrected chi connectivity index (χ3v) is 2.54. The van der Waals surface area contributed by atoms with Crippen LogP contribution in [0.3, 0.4) is 0 Å². The van der Waals surface area contributed by atoms with Crippen molar-refractivity contribution in [1.82, 2.24) is 19.2 Å². The van der Waals surface area contributed by atoms with Crippen molar-refractivity contribution in [2.75, 3.05) is 0 Å². The van der Waals surface area contributed by atoms with Gasteiger partial charge in [0.25, 0.3) is 5.56 Å². The number of hydrogen-bond acceptors (Lipinski definition) is 3. The molecule has 0 radical (unpaired) electrons. The summed E-state index contributed by atoms with van der Waals surface area (Å²) in [4.78, 5) is 20.3. The van der Waals surface area contributed by atoms with Crippen LogP contribution in [0.15, 0.2) is 47.7 Å². The van der Waals surface area contributed by atoms with Gasteiger partial charge in [0.05, 0.1) is 11.9 Å².